The van der Waals surface area contributed by atoms with Gasteiger partial charge in [-0.1, -0.05) is 19.1 Å². The molecule has 3 amide bonds. The Kier molecular flexibility index (Phi) is 7.50. The normalized spacial score (nSPS) is 17.7. The number of urea groups is 1. The Morgan fingerprint density at radius 1 is 1.00 bits per heavy atom. The fourth-order valence-corrected chi connectivity index (χ4v) is 4.63. The summed E-state index contributed by atoms with van der Waals surface area (Å²) in [6, 6.07) is 8.40. The molecule has 0 aliphatic carbocycles. The number of alkyl halides is 3. The molecule has 0 spiro atoms. The lowest BCUT2D eigenvalue weighted by molar-refractivity contribution is -0.141. The molecule has 2 N–H and O–H groups in total. The molecule has 40 heavy (non-hydrogen) atoms. The number of halogens is 4. The number of para-hydroxylation sites is 1. The number of hydrogen-bond donors (Lipinski definition) is 2. The molecule has 1 aromatic carbocycles. The van der Waals surface area contributed by atoms with Gasteiger partial charge >= 0.3 is 12.2 Å². The predicted octanol–water partition coefficient (Wildman–Crippen LogP) is 4.68. The second kappa shape index (κ2) is 11.0. The Morgan fingerprint density at radius 3 is 2.38 bits per heavy atom. The summed E-state index contributed by atoms with van der Waals surface area (Å²) < 4.78 is 59.9. The van der Waals surface area contributed by atoms with E-state index in [9.17, 15) is 27.2 Å². The van der Waals surface area contributed by atoms with Crippen LogP contribution in [0.1, 0.15) is 29.6 Å². The number of amides is 3. The van der Waals surface area contributed by atoms with Crippen molar-refractivity contribution in [3.05, 3.63) is 59.9 Å². The van der Waals surface area contributed by atoms with E-state index in [0.717, 1.165) is 6.42 Å². The van der Waals surface area contributed by atoms with Crippen LogP contribution in [0.15, 0.2) is 47.0 Å². The highest BCUT2D eigenvalue weighted by atomic mass is 19.4. The lowest BCUT2D eigenvalue weighted by Gasteiger charge is -2.35. The summed E-state index contributed by atoms with van der Waals surface area (Å²) >= 11 is 0. The molecule has 5 rings (SSSR count). The van der Waals surface area contributed by atoms with E-state index in [0.29, 0.717) is 45.1 Å². The van der Waals surface area contributed by atoms with E-state index in [2.05, 4.69) is 20.6 Å². The molecule has 212 valence electrons. The molecule has 2 aliphatic rings. The highest BCUT2D eigenvalue weighted by Gasteiger charge is 2.42. The molecule has 0 radical (unpaired) electrons. The molecule has 14 heteroatoms. The summed E-state index contributed by atoms with van der Waals surface area (Å²) in [5.41, 5.74) is -1.10. The van der Waals surface area contributed by atoms with Gasteiger partial charge in [-0.15, -0.1) is 0 Å². The SMILES string of the molecule is CC1CCN(c2nc(C(F)(F)F)c(C(=O)Nc3ccc(N4CCN(C(=O)Nc5ccccc5F)CC4)nc3)o2)C1. The smallest absolute Gasteiger partial charge is 0.417 e. The highest BCUT2D eigenvalue weighted by molar-refractivity contribution is 6.03. The first-order valence-corrected chi connectivity index (χ1v) is 12.7. The average Bonchev–Trinajstić information content (AvgIpc) is 3.57. The van der Waals surface area contributed by atoms with Gasteiger partial charge in [0.2, 0.25) is 5.76 Å². The van der Waals surface area contributed by atoms with Gasteiger partial charge in [0.05, 0.1) is 17.6 Å². The van der Waals surface area contributed by atoms with Crippen molar-refractivity contribution >= 4 is 35.1 Å². The Balaban J connectivity index is 1.19. The van der Waals surface area contributed by atoms with Gasteiger partial charge in [0.15, 0.2) is 5.69 Å². The van der Waals surface area contributed by atoms with Gasteiger partial charge in [-0.3, -0.25) is 4.79 Å². The average molecular weight is 562 g/mol. The Morgan fingerprint density at radius 2 is 1.75 bits per heavy atom. The van der Waals surface area contributed by atoms with Crippen LogP contribution in [-0.2, 0) is 6.18 Å². The van der Waals surface area contributed by atoms with Gasteiger partial charge in [0.1, 0.15) is 11.6 Å². The third-order valence-electron chi connectivity index (χ3n) is 6.80. The molecule has 1 atom stereocenters. The van der Waals surface area contributed by atoms with E-state index in [4.69, 9.17) is 4.42 Å². The van der Waals surface area contributed by atoms with Gasteiger partial charge < -0.3 is 29.8 Å². The first-order chi connectivity index (χ1) is 19.1. The topological polar surface area (TPSA) is 107 Å². The number of anilines is 4. The first-order valence-electron chi connectivity index (χ1n) is 12.7. The van der Waals surface area contributed by atoms with Gasteiger partial charge in [-0.25, -0.2) is 14.2 Å². The van der Waals surface area contributed by atoms with Crippen LogP contribution in [0.3, 0.4) is 0 Å². The molecule has 2 aliphatic heterocycles. The van der Waals surface area contributed by atoms with Crippen LogP contribution in [0.2, 0.25) is 0 Å². The summed E-state index contributed by atoms with van der Waals surface area (Å²) in [4.78, 5) is 38.2. The van der Waals surface area contributed by atoms with Crippen molar-refractivity contribution in [2.45, 2.75) is 19.5 Å². The first kappa shape index (κ1) is 27.2. The van der Waals surface area contributed by atoms with Crippen molar-refractivity contribution in [2.24, 2.45) is 5.92 Å². The van der Waals surface area contributed by atoms with Gasteiger partial charge in [-0.05, 0) is 36.6 Å². The summed E-state index contributed by atoms with van der Waals surface area (Å²) in [7, 11) is 0. The molecule has 10 nitrogen and oxygen atoms in total. The van der Waals surface area contributed by atoms with E-state index >= 15 is 0 Å². The maximum atomic E-state index is 13.8. The minimum Gasteiger partial charge on any atom is -0.417 e. The zero-order valence-electron chi connectivity index (χ0n) is 21.5. The van der Waals surface area contributed by atoms with Crippen molar-refractivity contribution < 1.29 is 31.6 Å². The van der Waals surface area contributed by atoms with E-state index in [1.165, 1.54) is 30.5 Å². The van der Waals surface area contributed by atoms with Crippen LogP contribution in [-0.4, -0.2) is 66.1 Å². The molecule has 3 aromatic rings. The van der Waals surface area contributed by atoms with Crippen LogP contribution in [0.5, 0.6) is 0 Å². The number of piperazine rings is 1. The predicted molar refractivity (Wildman–Crippen MR) is 139 cm³/mol. The number of aromatic nitrogens is 2. The molecular formula is C26H27F4N7O3. The summed E-state index contributed by atoms with van der Waals surface area (Å²) in [6.07, 6.45) is -2.74. The largest absolute Gasteiger partial charge is 0.437 e. The summed E-state index contributed by atoms with van der Waals surface area (Å²) in [5, 5.41) is 4.96. The van der Waals surface area contributed by atoms with E-state index < -0.39 is 35.4 Å². The van der Waals surface area contributed by atoms with Gasteiger partial charge in [-0.2, -0.15) is 18.2 Å². The number of nitrogens with one attached hydrogen (secondary N) is 2. The van der Waals surface area contributed by atoms with Gasteiger partial charge in [0.25, 0.3) is 11.9 Å². The summed E-state index contributed by atoms with van der Waals surface area (Å²) in [6.45, 7) is 4.60. The molecule has 2 fully saturated rings. The Labute approximate surface area is 227 Å². The number of hydrogen-bond acceptors (Lipinski definition) is 7. The minimum absolute atomic E-state index is 0.101. The molecular weight excluding hydrogens is 534 g/mol. The number of carbonyl (C=O) groups is 2. The molecule has 4 heterocycles. The van der Waals surface area contributed by atoms with Gasteiger partial charge in [0, 0.05) is 39.3 Å². The standard InChI is InChI=1S/C26H27F4N7O3/c1-16-8-9-37(15-16)25-34-22(26(28,29)30)21(40-25)23(38)32-17-6-7-20(31-14-17)35-10-12-36(13-11-35)24(39)33-19-5-3-2-4-18(19)27/h2-7,14,16H,8-13,15H2,1H3,(H,32,38)(H,33,39). The van der Waals surface area contributed by atoms with Crippen LogP contribution in [0, 0.1) is 11.7 Å². The fraction of sp³-hybridized carbons (Fsp3) is 0.385. The van der Waals surface area contributed by atoms with E-state index in [1.807, 2.05) is 11.8 Å². The third-order valence-corrected chi connectivity index (χ3v) is 6.80. The lowest BCUT2D eigenvalue weighted by atomic mass is 10.2. The number of rotatable bonds is 5. The number of pyridine rings is 1. The maximum Gasteiger partial charge on any atom is 0.437 e. The highest BCUT2D eigenvalue weighted by Crippen LogP contribution is 2.35. The Hall–Kier alpha value is -4.36. The molecule has 2 saturated heterocycles. The zero-order valence-corrected chi connectivity index (χ0v) is 21.5. The van der Waals surface area contributed by atoms with Crippen LogP contribution >= 0.6 is 0 Å². The molecule has 2 aromatic heterocycles. The number of benzene rings is 1. The monoisotopic (exact) mass is 561 g/mol. The fourth-order valence-electron chi connectivity index (χ4n) is 4.63. The zero-order chi connectivity index (χ0) is 28.4. The van der Waals surface area contributed by atoms with E-state index in [1.54, 1.807) is 21.9 Å². The quantitative estimate of drug-likeness (QED) is 0.436. The second-order valence-electron chi connectivity index (χ2n) is 9.76. The molecule has 0 bridgehead atoms. The maximum absolute atomic E-state index is 13.8. The summed E-state index contributed by atoms with van der Waals surface area (Å²) in [5.74, 6) is -1.67. The Bertz CT molecular complexity index is 1370. The van der Waals surface area contributed by atoms with Crippen LogP contribution in [0.4, 0.5) is 45.6 Å². The van der Waals surface area contributed by atoms with Crippen molar-refractivity contribution in [3.8, 4) is 0 Å². The van der Waals surface area contributed by atoms with Crippen LogP contribution in [0.25, 0.3) is 0 Å². The molecule has 0 saturated carbocycles. The van der Waals surface area contributed by atoms with Crippen molar-refractivity contribution in [2.75, 3.05) is 59.7 Å². The molecule has 1 unspecified atom stereocenters. The lowest BCUT2D eigenvalue weighted by Crippen LogP contribution is -2.50. The number of carbonyl (C=O) groups excluding carboxylic acids is 2. The number of oxazole rings is 1. The van der Waals surface area contributed by atoms with E-state index in [-0.39, 0.29) is 23.3 Å². The second-order valence-corrected chi connectivity index (χ2v) is 9.76. The van der Waals surface area contributed by atoms with Crippen molar-refractivity contribution in [1.29, 1.82) is 0 Å². The van der Waals surface area contributed by atoms with Crippen molar-refractivity contribution in [1.82, 2.24) is 14.9 Å². The van der Waals surface area contributed by atoms with Crippen LogP contribution < -0.4 is 20.4 Å². The van der Waals surface area contributed by atoms with Crippen molar-refractivity contribution in [3.63, 3.8) is 0 Å². The third kappa shape index (κ3) is 5.95. The minimum atomic E-state index is -4.86. The number of nitrogens with zero attached hydrogens (tertiary/aromatic N) is 5.